The van der Waals surface area contributed by atoms with E-state index >= 15 is 0 Å². The number of ether oxygens (including phenoxy) is 1. The third kappa shape index (κ3) is 4.06. The molecule has 0 aliphatic heterocycles. The lowest BCUT2D eigenvalue weighted by molar-refractivity contribution is 0.324. The molecule has 1 aromatic carbocycles. The van der Waals surface area contributed by atoms with Gasteiger partial charge in [-0.25, -0.2) is 0 Å². The molecule has 0 atom stereocenters. The molecule has 0 saturated carbocycles. The standard InChI is InChI=1S/C12H16BrNO/c1-3-4-7-15-11-5-6-12(13)10(8-11)9-14-2/h3,5-6,8,14H,1,4,7,9H2,2H3. The van der Waals surface area contributed by atoms with Gasteiger partial charge >= 0.3 is 0 Å². The normalized spacial score (nSPS) is 10.0. The van der Waals surface area contributed by atoms with Crippen LogP contribution in [0.25, 0.3) is 0 Å². The molecule has 1 N–H and O–H groups in total. The first-order valence-corrected chi connectivity index (χ1v) is 5.74. The second-order valence-electron chi connectivity index (χ2n) is 3.21. The minimum atomic E-state index is 0.685. The molecule has 0 aliphatic rings. The van der Waals surface area contributed by atoms with Crippen molar-refractivity contribution in [2.75, 3.05) is 13.7 Å². The van der Waals surface area contributed by atoms with Crippen LogP contribution >= 0.6 is 15.9 Å². The van der Waals surface area contributed by atoms with Crippen LogP contribution in [-0.2, 0) is 6.54 Å². The van der Waals surface area contributed by atoms with E-state index in [0.29, 0.717) is 6.61 Å². The van der Waals surface area contributed by atoms with Gasteiger partial charge in [-0.05, 0) is 37.2 Å². The average Bonchev–Trinajstić information content (AvgIpc) is 2.23. The molecule has 0 unspecified atom stereocenters. The minimum absolute atomic E-state index is 0.685. The van der Waals surface area contributed by atoms with Crippen LogP contribution in [0.5, 0.6) is 5.75 Å². The fourth-order valence-corrected chi connectivity index (χ4v) is 1.61. The quantitative estimate of drug-likeness (QED) is 0.633. The van der Waals surface area contributed by atoms with E-state index in [-0.39, 0.29) is 0 Å². The van der Waals surface area contributed by atoms with E-state index < -0.39 is 0 Å². The summed E-state index contributed by atoms with van der Waals surface area (Å²) in [5.41, 5.74) is 1.20. The zero-order valence-electron chi connectivity index (χ0n) is 8.92. The van der Waals surface area contributed by atoms with Crippen LogP contribution in [0, 0.1) is 0 Å². The van der Waals surface area contributed by atoms with Gasteiger partial charge in [-0.3, -0.25) is 0 Å². The van der Waals surface area contributed by atoms with Crippen molar-refractivity contribution >= 4 is 15.9 Å². The van der Waals surface area contributed by atoms with Crippen LogP contribution in [0.3, 0.4) is 0 Å². The Kier molecular flexibility index (Phi) is 5.43. The van der Waals surface area contributed by atoms with Crippen molar-refractivity contribution < 1.29 is 4.74 Å². The molecular formula is C12H16BrNO. The molecule has 0 aliphatic carbocycles. The van der Waals surface area contributed by atoms with Gasteiger partial charge in [0.05, 0.1) is 6.61 Å². The Morgan fingerprint density at radius 1 is 1.53 bits per heavy atom. The summed E-state index contributed by atoms with van der Waals surface area (Å²) >= 11 is 3.50. The summed E-state index contributed by atoms with van der Waals surface area (Å²) < 4.78 is 6.67. The number of hydrogen-bond acceptors (Lipinski definition) is 2. The molecule has 0 saturated heterocycles. The lowest BCUT2D eigenvalue weighted by Crippen LogP contribution is -2.06. The summed E-state index contributed by atoms with van der Waals surface area (Å²) in [6.45, 7) is 5.17. The van der Waals surface area contributed by atoms with Crippen LogP contribution in [-0.4, -0.2) is 13.7 Å². The predicted octanol–water partition coefficient (Wildman–Crippen LogP) is 3.12. The topological polar surface area (TPSA) is 21.3 Å². The van der Waals surface area contributed by atoms with Gasteiger partial charge in [0.15, 0.2) is 0 Å². The summed E-state index contributed by atoms with van der Waals surface area (Å²) in [5, 5.41) is 3.12. The summed E-state index contributed by atoms with van der Waals surface area (Å²) in [6.07, 6.45) is 2.73. The summed E-state index contributed by atoms with van der Waals surface area (Å²) in [5.74, 6) is 0.908. The van der Waals surface area contributed by atoms with Crippen molar-refractivity contribution in [1.29, 1.82) is 0 Å². The van der Waals surface area contributed by atoms with E-state index in [2.05, 4.69) is 27.8 Å². The predicted molar refractivity (Wildman–Crippen MR) is 67.2 cm³/mol. The first-order chi connectivity index (χ1) is 7.27. The average molecular weight is 270 g/mol. The molecule has 2 nitrogen and oxygen atoms in total. The van der Waals surface area contributed by atoms with Crippen LogP contribution in [0.4, 0.5) is 0 Å². The van der Waals surface area contributed by atoms with Gasteiger partial charge in [-0.15, -0.1) is 6.58 Å². The molecule has 1 rings (SSSR count). The SMILES string of the molecule is C=CCCOc1ccc(Br)c(CNC)c1. The van der Waals surface area contributed by atoms with Crippen LogP contribution in [0.15, 0.2) is 35.3 Å². The van der Waals surface area contributed by atoms with E-state index in [0.717, 1.165) is 23.2 Å². The van der Waals surface area contributed by atoms with Crippen molar-refractivity contribution in [3.05, 3.63) is 40.9 Å². The lowest BCUT2D eigenvalue weighted by atomic mass is 10.2. The Bertz CT molecular complexity index is 325. The molecule has 0 amide bonds. The van der Waals surface area contributed by atoms with Gasteiger partial charge in [-0.2, -0.15) is 0 Å². The van der Waals surface area contributed by atoms with Gasteiger partial charge < -0.3 is 10.1 Å². The lowest BCUT2D eigenvalue weighted by Gasteiger charge is -2.08. The van der Waals surface area contributed by atoms with Crippen LogP contribution in [0.1, 0.15) is 12.0 Å². The summed E-state index contributed by atoms with van der Waals surface area (Å²) in [6, 6.07) is 6.02. The molecule has 1 aromatic rings. The van der Waals surface area contributed by atoms with Gasteiger partial charge in [0, 0.05) is 11.0 Å². The minimum Gasteiger partial charge on any atom is -0.493 e. The van der Waals surface area contributed by atoms with E-state index in [1.54, 1.807) is 0 Å². The highest BCUT2D eigenvalue weighted by Crippen LogP contribution is 2.22. The Hall–Kier alpha value is -0.800. The van der Waals surface area contributed by atoms with Crippen LogP contribution in [0.2, 0.25) is 0 Å². The highest BCUT2D eigenvalue weighted by atomic mass is 79.9. The van der Waals surface area contributed by atoms with Gasteiger partial charge in [0.25, 0.3) is 0 Å². The molecular weight excluding hydrogens is 254 g/mol. The maximum absolute atomic E-state index is 5.57. The summed E-state index contributed by atoms with van der Waals surface area (Å²) in [7, 11) is 1.93. The van der Waals surface area contributed by atoms with Gasteiger partial charge in [0.1, 0.15) is 5.75 Å². The Morgan fingerprint density at radius 2 is 2.33 bits per heavy atom. The Morgan fingerprint density at radius 3 is 3.00 bits per heavy atom. The van der Waals surface area contributed by atoms with E-state index in [1.807, 2.05) is 31.3 Å². The number of nitrogens with one attached hydrogen (secondary N) is 1. The van der Waals surface area contributed by atoms with Crippen molar-refractivity contribution in [2.24, 2.45) is 0 Å². The van der Waals surface area contributed by atoms with Crippen molar-refractivity contribution in [3.63, 3.8) is 0 Å². The third-order valence-electron chi connectivity index (χ3n) is 1.98. The molecule has 0 bridgehead atoms. The number of benzene rings is 1. The second-order valence-corrected chi connectivity index (χ2v) is 4.06. The molecule has 3 heteroatoms. The maximum Gasteiger partial charge on any atom is 0.119 e. The zero-order valence-corrected chi connectivity index (χ0v) is 10.5. The number of hydrogen-bond donors (Lipinski definition) is 1. The highest BCUT2D eigenvalue weighted by molar-refractivity contribution is 9.10. The largest absolute Gasteiger partial charge is 0.493 e. The molecule has 0 spiro atoms. The van der Waals surface area contributed by atoms with E-state index in [1.165, 1.54) is 5.56 Å². The first kappa shape index (κ1) is 12.3. The molecule has 82 valence electrons. The Labute approximate surface area is 99.5 Å². The fourth-order valence-electron chi connectivity index (χ4n) is 1.23. The van der Waals surface area contributed by atoms with Crippen LogP contribution < -0.4 is 10.1 Å². The maximum atomic E-state index is 5.57. The molecule has 0 radical (unpaired) electrons. The molecule has 0 aromatic heterocycles. The Balaban J connectivity index is 2.64. The monoisotopic (exact) mass is 269 g/mol. The fraction of sp³-hybridized carbons (Fsp3) is 0.333. The summed E-state index contributed by atoms with van der Waals surface area (Å²) in [4.78, 5) is 0. The zero-order chi connectivity index (χ0) is 11.1. The van der Waals surface area contributed by atoms with Crippen molar-refractivity contribution in [2.45, 2.75) is 13.0 Å². The second kappa shape index (κ2) is 6.64. The molecule has 0 fully saturated rings. The molecule has 15 heavy (non-hydrogen) atoms. The number of rotatable bonds is 6. The van der Waals surface area contributed by atoms with Gasteiger partial charge in [-0.1, -0.05) is 22.0 Å². The van der Waals surface area contributed by atoms with E-state index in [9.17, 15) is 0 Å². The highest BCUT2D eigenvalue weighted by Gasteiger charge is 2.01. The van der Waals surface area contributed by atoms with Crippen molar-refractivity contribution in [1.82, 2.24) is 5.32 Å². The number of halogens is 1. The first-order valence-electron chi connectivity index (χ1n) is 4.94. The third-order valence-corrected chi connectivity index (χ3v) is 2.75. The van der Waals surface area contributed by atoms with E-state index in [4.69, 9.17) is 4.74 Å². The molecule has 0 heterocycles. The van der Waals surface area contributed by atoms with Gasteiger partial charge in [0.2, 0.25) is 0 Å². The van der Waals surface area contributed by atoms with Crippen molar-refractivity contribution in [3.8, 4) is 5.75 Å². The smallest absolute Gasteiger partial charge is 0.119 e.